The number of rotatable bonds is 16. The predicted molar refractivity (Wildman–Crippen MR) is 98.3 cm³/mol. The Morgan fingerprint density at radius 3 is 1.27 bits per heavy atom. The molecule has 0 heterocycles. The second-order valence-corrected chi connectivity index (χ2v) is 7.13. The molecular weight excluding hydrogens is 313 g/mol. The quantitative estimate of drug-likeness (QED) is 0.226. The Balaban J connectivity index is 0. The van der Waals surface area contributed by atoms with E-state index in [1.54, 1.807) is 0 Å². The molecule has 0 radical (unpaired) electrons. The third-order valence-electron chi connectivity index (χ3n) is 4.77. The molecule has 1 nitrogen and oxygen atoms in total. The van der Waals surface area contributed by atoms with Gasteiger partial charge in [-0.3, -0.25) is 0 Å². The van der Waals surface area contributed by atoms with Crippen LogP contribution in [-0.2, 0) is 0 Å². The average Bonchev–Trinajstić information content (AvgIpc) is 2.49. The lowest BCUT2D eigenvalue weighted by atomic mass is 10.1. The zero-order valence-corrected chi connectivity index (χ0v) is 17.0. The Bertz CT molecular complexity index is 198. The molecule has 0 N–H and O–H groups in total. The lowest BCUT2D eigenvalue weighted by molar-refractivity contribution is -0.926. The maximum absolute atomic E-state index is 6.16. The Morgan fingerprint density at radius 2 is 0.909 bits per heavy atom. The van der Waals surface area contributed by atoms with Gasteiger partial charge >= 0.3 is 0 Å². The van der Waals surface area contributed by atoms with E-state index >= 15 is 0 Å². The molecular formula is C19H41Cl2N. The highest BCUT2D eigenvalue weighted by Crippen LogP contribution is 2.17. The van der Waals surface area contributed by atoms with E-state index in [1.165, 1.54) is 101 Å². The minimum atomic E-state index is 0. The summed E-state index contributed by atoms with van der Waals surface area (Å²) in [6.45, 7) is 12.2. The van der Waals surface area contributed by atoms with Gasteiger partial charge in [-0.25, -0.2) is 0 Å². The Kier molecular flexibility index (Phi) is 20.2. The Labute approximate surface area is 152 Å². The van der Waals surface area contributed by atoms with Gasteiger partial charge in [0.2, 0.25) is 0 Å². The van der Waals surface area contributed by atoms with Crippen molar-refractivity contribution in [2.75, 3.05) is 32.1 Å². The van der Waals surface area contributed by atoms with E-state index in [0.29, 0.717) is 0 Å². The fourth-order valence-corrected chi connectivity index (χ4v) is 3.65. The fourth-order valence-electron chi connectivity index (χ4n) is 3.30. The van der Waals surface area contributed by atoms with Gasteiger partial charge in [-0.15, -0.1) is 11.6 Å². The number of hydrogen-bond donors (Lipinski definition) is 0. The van der Waals surface area contributed by atoms with E-state index in [4.69, 9.17) is 11.6 Å². The van der Waals surface area contributed by atoms with Gasteiger partial charge in [0, 0.05) is 0 Å². The standard InChI is InChI=1S/C19H41ClN.ClH/c1-4-7-10-13-17-21(19-15-20,16-12-9-6-3)18-14-11-8-5-2;/h4-19H2,1-3H3;1H/q+1;/p-1. The second kappa shape index (κ2) is 17.9. The van der Waals surface area contributed by atoms with Crippen molar-refractivity contribution in [3.8, 4) is 0 Å². The monoisotopic (exact) mass is 353 g/mol. The summed E-state index contributed by atoms with van der Waals surface area (Å²) in [4.78, 5) is 0. The minimum Gasteiger partial charge on any atom is -1.00 e. The lowest BCUT2D eigenvalue weighted by Crippen LogP contribution is -3.00. The first-order valence-corrected chi connectivity index (χ1v) is 10.2. The van der Waals surface area contributed by atoms with Gasteiger partial charge in [-0.2, -0.15) is 0 Å². The van der Waals surface area contributed by atoms with E-state index in [-0.39, 0.29) is 12.4 Å². The number of quaternary nitrogens is 1. The van der Waals surface area contributed by atoms with Crippen LogP contribution in [0.3, 0.4) is 0 Å². The molecule has 0 aromatic carbocycles. The number of hydrogen-bond acceptors (Lipinski definition) is 0. The van der Waals surface area contributed by atoms with Crippen LogP contribution in [0.15, 0.2) is 0 Å². The van der Waals surface area contributed by atoms with Crippen molar-refractivity contribution in [1.82, 2.24) is 0 Å². The zero-order valence-electron chi connectivity index (χ0n) is 15.5. The first-order valence-electron chi connectivity index (χ1n) is 9.65. The van der Waals surface area contributed by atoms with E-state index < -0.39 is 0 Å². The SMILES string of the molecule is CCCCCC[N+](CCCl)(CCCCC)CCCCCC.[Cl-]. The number of halogens is 2. The van der Waals surface area contributed by atoms with Gasteiger partial charge in [-0.05, 0) is 38.5 Å². The van der Waals surface area contributed by atoms with Crippen LogP contribution in [0.2, 0.25) is 0 Å². The topological polar surface area (TPSA) is 0 Å². The summed E-state index contributed by atoms with van der Waals surface area (Å²) in [6.07, 6.45) is 15.1. The smallest absolute Gasteiger partial charge is 0.0924 e. The van der Waals surface area contributed by atoms with Crippen LogP contribution in [0.1, 0.15) is 91.4 Å². The maximum atomic E-state index is 6.16. The molecule has 0 amide bonds. The summed E-state index contributed by atoms with van der Waals surface area (Å²) >= 11 is 6.16. The normalized spacial score (nSPS) is 11.5. The maximum Gasteiger partial charge on any atom is 0.0924 e. The molecule has 0 spiro atoms. The van der Waals surface area contributed by atoms with Crippen LogP contribution >= 0.6 is 11.6 Å². The first kappa shape index (κ1) is 24.8. The van der Waals surface area contributed by atoms with E-state index in [2.05, 4.69) is 20.8 Å². The van der Waals surface area contributed by atoms with Gasteiger partial charge in [0.05, 0.1) is 32.1 Å². The predicted octanol–water partition coefficient (Wildman–Crippen LogP) is 3.40. The molecule has 0 atom stereocenters. The molecule has 0 bridgehead atoms. The lowest BCUT2D eigenvalue weighted by Gasteiger charge is -2.39. The molecule has 136 valence electrons. The minimum absolute atomic E-state index is 0. The third kappa shape index (κ3) is 13.0. The number of nitrogens with zero attached hydrogens (tertiary/aromatic N) is 1. The highest BCUT2D eigenvalue weighted by Gasteiger charge is 2.25. The number of alkyl halides is 1. The van der Waals surface area contributed by atoms with E-state index in [0.717, 1.165) is 5.88 Å². The molecule has 0 aromatic rings. The summed E-state index contributed by atoms with van der Waals surface area (Å²) in [5.41, 5.74) is 0. The van der Waals surface area contributed by atoms with Crippen molar-refractivity contribution in [1.29, 1.82) is 0 Å². The largest absolute Gasteiger partial charge is 1.00 e. The van der Waals surface area contributed by atoms with Gasteiger partial charge in [0.1, 0.15) is 0 Å². The molecule has 0 aliphatic carbocycles. The second-order valence-electron chi connectivity index (χ2n) is 6.75. The first-order chi connectivity index (χ1) is 10.2. The average molecular weight is 354 g/mol. The van der Waals surface area contributed by atoms with Crippen LogP contribution in [0, 0.1) is 0 Å². The summed E-state index contributed by atoms with van der Waals surface area (Å²) in [5, 5.41) is 0. The molecule has 0 saturated heterocycles. The van der Waals surface area contributed by atoms with Crippen molar-refractivity contribution >= 4 is 11.6 Å². The van der Waals surface area contributed by atoms with Crippen LogP contribution in [0.5, 0.6) is 0 Å². The summed E-state index contributed by atoms with van der Waals surface area (Å²) in [6, 6.07) is 0. The number of unbranched alkanes of at least 4 members (excludes halogenated alkanes) is 8. The van der Waals surface area contributed by atoms with Crippen LogP contribution in [-0.4, -0.2) is 36.5 Å². The zero-order chi connectivity index (χ0) is 15.8. The molecule has 0 saturated carbocycles. The van der Waals surface area contributed by atoms with Crippen molar-refractivity contribution in [2.24, 2.45) is 0 Å². The van der Waals surface area contributed by atoms with Crippen LogP contribution < -0.4 is 12.4 Å². The molecule has 0 aliphatic heterocycles. The van der Waals surface area contributed by atoms with Crippen LogP contribution in [0.25, 0.3) is 0 Å². The molecule has 3 heteroatoms. The van der Waals surface area contributed by atoms with Gasteiger partial charge in [0.15, 0.2) is 0 Å². The van der Waals surface area contributed by atoms with Crippen molar-refractivity contribution < 1.29 is 16.9 Å². The summed E-state index contributed by atoms with van der Waals surface area (Å²) in [7, 11) is 0. The van der Waals surface area contributed by atoms with Gasteiger partial charge in [-0.1, -0.05) is 52.9 Å². The molecule has 0 unspecified atom stereocenters. The highest BCUT2D eigenvalue weighted by atomic mass is 35.5. The van der Waals surface area contributed by atoms with Crippen molar-refractivity contribution in [2.45, 2.75) is 91.4 Å². The van der Waals surface area contributed by atoms with Crippen LogP contribution in [0.4, 0.5) is 0 Å². The van der Waals surface area contributed by atoms with Gasteiger partial charge in [0.25, 0.3) is 0 Å². The molecule has 0 aliphatic rings. The molecule has 0 fully saturated rings. The fraction of sp³-hybridized carbons (Fsp3) is 1.00. The summed E-state index contributed by atoms with van der Waals surface area (Å²) < 4.78 is 1.30. The van der Waals surface area contributed by atoms with E-state index in [1.807, 2.05) is 0 Å². The van der Waals surface area contributed by atoms with E-state index in [9.17, 15) is 0 Å². The third-order valence-corrected chi connectivity index (χ3v) is 4.94. The molecule has 0 aromatic heterocycles. The highest BCUT2D eigenvalue weighted by molar-refractivity contribution is 6.17. The van der Waals surface area contributed by atoms with Crippen molar-refractivity contribution in [3.05, 3.63) is 0 Å². The summed E-state index contributed by atoms with van der Waals surface area (Å²) in [5.74, 6) is 0.827. The molecule has 0 rings (SSSR count). The van der Waals surface area contributed by atoms with Gasteiger partial charge < -0.3 is 16.9 Å². The molecule has 22 heavy (non-hydrogen) atoms. The Morgan fingerprint density at radius 1 is 0.545 bits per heavy atom. The Hall–Kier alpha value is 0.540. The van der Waals surface area contributed by atoms with Crippen molar-refractivity contribution in [3.63, 3.8) is 0 Å².